The molecule has 0 radical (unpaired) electrons. The maximum absolute atomic E-state index is 5.47. The van der Waals surface area contributed by atoms with Gasteiger partial charge >= 0.3 is 0 Å². The molecule has 1 unspecified atom stereocenters. The van der Waals surface area contributed by atoms with Crippen LogP contribution in [-0.2, 0) is 4.74 Å². The summed E-state index contributed by atoms with van der Waals surface area (Å²) in [7, 11) is 0. The Kier molecular flexibility index (Phi) is 7.55. The maximum Gasteiger partial charge on any atom is 0.0590 e. The second-order valence-corrected chi connectivity index (χ2v) is 5.21. The van der Waals surface area contributed by atoms with Crippen molar-refractivity contribution in [3.05, 3.63) is 0 Å². The van der Waals surface area contributed by atoms with Gasteiger partial charge in [-0.15, -0.1) is 0 Å². The summed E-state index contributed by atoms with van der Waals surface area (Å²) in [5, 5.41) is 4.32. The summed E-state index contributed by atoms with van der Waals surface area (Å²) in [5.74, 6) is 1.36. The van der Waals surface area contributed by atoms with Gasteiger partial charge in [-0.1, -0.05) is 13.3 Å². The van der Waals surface area contributed by atoms with Gasteiger partial charge in [0.15, 0.2) is 0 Å². The summed E-state index contributed by atoms with van der Waals surface area (Å²) in [6.07, 6.45) is 5.23. The summed E-state index contributed by atoms with van der Waals surface area (Å²) in [5.41, 5.74) is 0. The first-order valence-corrected chi connectivity index (χ1v) is 6.88. The molecule has 0 saturated carbocycles. The molecule has 0 aliphatic carbocycles. The van der Waals surface area contributed by atoms with Crippen LogP contribution in [-0.4, -0.2) is 37.3 Å². The van der Waals surface area contributed by atoms with Gasteiger partial charge in [-0.2, -0.15) is 11.8 Å². The Hall–Kier alpha value is 0.270. The van der Waals surface area contributed by atoms with E-state index < -0.39 is 0 Å². The predicted molar refractivity (Wildman–Crippen MR) is 64.1 cm³/mol. The molecular formula is C11H23NOS. The predicted octanol–water partition coefficient (Wildman–Crippen LogP) is 2.29. The number of hydrogen-bond acceptors (Lipinski definition) is 3. The topological polar surface area (TPSA) is 21.3 Å². The zero-order valence-corrected chi connectivity index (χ0v) is 10.1. The lowest BCUT2D eigenvalue weighted by Crippen LogP contribution is -2.26. The number of ether oxygens (including phenoxy) is 1. The third-order valence-corrected chi connectivity index (χ3v) is 3.86. The van der Waals surface area contributed by atoms with E-state index in [4.69, 9.17) is 4.74 Å². The minimum atomic E-state index is 0.866. The molecule has 2 nitrogen and oxygen atoms in total. The van der Waals surface area contributed by atoms with Gasteiger partial charge in [-0.3, -0.25) is 0 Å². The summed E-state index contributed by atoms with van der Waals surface area (Å²) >= 11 is 2.11. The van der Waals surface area contributed by atoms with Gasteiger partial charge in [0.2, 0.25) is 0 Å². The van der Waals surface area contributed by atoms with E-state index in [0.29, 0.717) is 0 Å². The van der Waals surface area contributed by atoms with E-state index in [1.165, 1.54) is 38.0 Å². The smallest absolute Gasteiger partial charge is 0.0590 e. The van der Waals surface area contributed by atoms with E-state index in [-0.39, 0.29) is 0 Å². The average molecular weight is 217 g/mol. The van der Waals surface area contributed by atoms with E-state index in [2.05, 4.69) is 24.0 Å². The Labute approximate surface area is 92.2 Å². The van der Waals surface area contributed by atoms with Gasteiger partial charge in [-0.25, -0.2) is 0 Å². The molecule has 0 amide bonds. The highest BCUT2D eigenvalue weighted by Gasteiger charge is 2.14. The maximum atomic E-state index is 5.47. The molecule has 3 heteroatoms. The molecule has 1 heterocycles. The number of rotatable bonds is 8. The highest BCUT2D eigenvalue weighted by Crippen LogP contribution is 2.24. The zero-order chi connectivity index (χ0) is 10.1. The molecule has 0 aromatic heterocycles. The molecule has 1 rings (SSSR count). The number of nitrogens with one attached hydrogen (secondary N) is 1. The SMILES string of the molecule is CCCCOCCNCC1CCCS1. The molecule has 84 valence electrons. The molecule has 1 aliphatic heterocycles. The molecule has 1 fully saturated rings. The van der Waals surface area contributed by atoms with Crippen molar-refractivity contribution in [3.63, 3.8) is 0 Å². The molecule has 0 aromatic rings. The lowest BCUT2D eigenvalue weighted by atomic mass is 10.2. The van der Waals surface area contributed by atoms with Crippen LogP contribution >= 0.6 is 11.8 Å². The van der Waals surface area contributed by atoms with Crippen molar-refractivity contribution in [3.8, 4) is 0 Å². The summed E-state index contributed by atoms with van der Waals surface area (Å²) < 4.78 is 5.47. The number of hydrogen-bond donors (Lipinski definition) is 1. The van der Waals surface area contributed by atoms with E-state index in [9.17, 15) is 0 Å². The Morgan fingerprint density at radius 1 is 1.43 bits per heavy atom. The Bertz CT molecular complexity index is 126. The second kappa shape index (κ2) is 8.57. The van der Waals surface area contributed by atoms with E-state index >= 15 is 0 Å². The van der Waals surface area contributed by atoms with Gasteiger partial charge in [0.25, 0.3) is 0 Å². The van der Waals surface area contributed by atoms with Gasteiger partial charge in [-0.05, 0) is 25.0 Å². The minimum Gasteiger partial charge on any atom is -0.380 e. The van der Waals surface area contributed by atoms with Crippen LogP contribution < -0.4 is 5.32 Å². The van der Waals surface area contributed by atoms with Crippen LogP contribution in [0, 0.1) is 0 Å². The Morgan fingerprint density at radius 3 is 3.07 bits per heavy atom. The van der Waals surface area contributed by atoms with Crippen LogP contribution in [0.3, 0.4) is 0 Å². The first-order valence-electron chi connectivity index (χ1n) is 5.83. The van der Waals surface area contributed by atoms with Crippen LogP contribution in [0.4, 0.5) is 0 Å². The van der Waals surface area contributed by atoms with Gasteiger partial charge in [0.05, 0.1) is 6.61 Å². The summed E-state index contributed by atoms with van der Waals surface area (Å²) in [6.45, 7) is 6.18. The van der Waals surface area contributed by atoms with E-state index in [1.807, 2.05) is 0 Å². The first-order chi connectivity index (χ1) is 6.93. The zero-order valence-electron chi connectivity index (χ0n) is 9.26. The van der Waals surface area contributed by atoms with Crippen molar-refractivity contribution < 1.29 is 4.74 Å². The highest BCUT2D eigenvalue weighted by molar-refractivity contribution is 8.00. The van der Waals surface area contributed by atoms with Gasteiger partial charge in [0, 0.05) is 24.9 Å². The highest BCUT2D eigenvalue weighted by atomic mass is 32.2. The van der Waals surface area contributed by atoms with Gasteiger partial charge < -0.3 is 10.1 Å². The van der Waals surface area contributed by atoms with Crippen LogP contribution in [0.1, 0.15) is 32.6 Å². The van der Waals surface area contributed by atoms with Crippen LogP contribution in [0.25, 0.3) is 0 Å². The fourth-order valence-electron chi connectivity index (χ4n) is 1.56. The molecule has 0 aromatic carbocycles. The second-order valence-electron chi connectivity index (χ2n) is 3.81. The number of thioether (sulfide) groups is 1. The molecule has 1 saturated heterocycles. The quantitative estimate of drug-likeness (QED) is 0.630. The van der Waals surface area contributed by atoms with Crippen molar-refractivity contribution in [2.75, 3.05) is 32.1 Å². The fraction of sp³-hybridized carbons (Fsp3) is 1.00. The minimum absolute atomic E-state index is 0.866. The van der Waals surface area contributed by atoms with Crippen LogP contribution in [0.2, 0.25) is 0 Å². The molecule has 1 N–H and O–H groups in total. The molecule has 0 spiro atoms. The molecule has 14 heavy (non-hydrogen) atoms. The molecule has 0 bridgehead atoms. The average Bonchev–Trinajstić information content (AvgIpc) is 2.69. The van der Waals surface area contributed by atoms with Crippen molar-refractivity contribution in [2.24, 2.45) is 0 Å². The first kappa shape index (κ1) is 12.3. The van der Waals surface area contributed by atoms with Crippen molar-refractivity contribution in [1.82, 2.24) is 5.32 Å². The summed E-state index contributed by atoms with van der Waals surface area (Å²) in [6, 6.07) is 0. The Balaban J connectivity index is 1.75. The number of unbranched alkanes of at least 4 members (excludes halogenated alkanes) is 1. The van der Waals surface area contributed by atoms with Gasteiger partial charge in [0.1, 0.15) is 0 Å². The van der Waals surface area contributed by atoms with E-state index in [1.54, 1.807) is 0 Å². The largest absolute Gasteiger partial charge is 0.380 e. The van der Waals surface area contributed by atoms with Crippen molar-refractivity contribution in [1.29, 1.82) is 0 Å². The molecule has 1 aliphatic rings. The lowest BCUT2D eigenvalue weighted by Gasteiger charge is -2.09. The van der Waals surface area contributed by atoms with Crippen LogP contribution in [0.15, 0.2) is 0 Å². The van der Waals surface area contributed by atoms with E-state index in [0.717, 1.165) is 25.0 Å². The third kappa shape index (κ3) is 5.89. The Morgan fingerprint density at radius 2 is 2.36 bits per heavy atom. The van der Waals surface area contributed by atoms with Crippen molar-refractivity contribution in [2.45, 2.75) is 37.9 Å². The van der Waals surface area contributed by atoms with Crippen molar-refractivity contribution >= 4 is 11.8 Å². The fourth-order valence-corrected chi connectivity index (χ4v) is 2.80. The normalized spacial score (nSPS) is 21.6. The summed E-state index contributed by atoms with van der Waals surface area (Å²) in [4.78, 5) is 0. The molecule has 1 atom stereocenters. The third-order valence-electron chi connectivity index (χ3n) is 2.46. The molecular weight excluding hydrogens is 194 g/mol. The standard InChI is InChI=1S/C11H23NOS/c1-2-3-7-13-8-6-12-10-11-5-4-9-14-11/h11-12H,2-10H2,1H3. The lowest BCUT2D eigenvalue weighted by molar-refractivity contribution is 0.133. The van der Waals surface area contributed by atoms with Crippen LogP contribution in [0.5, 0.6) is 0 Å². The monoisotopic (exact) mass is 217 g/mol.